The molecular formula is C8H10N5O3+. The average molecular weight is 224 g/mol. The lowest BCUT2D eigenvalue weighted by atomic mass is 10.5. The van der Waals surface area contributed by atoms with E-state index in [2.05, 4.69) is 10.1 Å². The van der Waals surface area contributed by atoms with Crippen LogP contribution in [0.1, 0.15) is 5.82 Å². The predicted octanol–water partition coefficient (Wildman–Crippen LogP) is -1.82. The largest absolute Gasteiger partial charge is 0.365 e. The van der Waals surface area contributed by atoms with Gasteiger partial charge in [0.15, 0.2) is 0 Å². The van der Waals surface area contributed by atoms with E-state index in [1.807, 2.05) is 0 Å². The van der Waals surface area contributed by atoms with Crippen LogP contribution in [0.4, 0.5) is 0 Å². The van der Waals surface area contributed by atoms with Gasteiger partial charge in [0.2, 0.25) is 5.65 Å². The molecule has 16 heavy (non-hydrogen) atoms. The summed E-state index contributed by atoms with van der Waals surface area (Å²) in [5.74, 6) is 0.138. The Morgan fingerprint density at radius 1 is 1.31 bits per heavy atom. The second kappa shape index (κ2) is 3.12. The maximum atomic E-state index is 11.8. The normalized spacial score (nSPS) is 10.9. The Balaban J connectivity index is 3.28. The second-order valence-corrected chi connectivity index (χ2v) is 3.46. The van der Waals surface area contributed by atoms with E-state index in [1.165, 1.54) is 18.7 Å². The van der Waals surface area contributed by atoms with Gasteiger partial charge in [0.25, 0.3) is 5.52 Å². The van der Waals surface area contributed by atoms with Crippen LogP contribution in [0.15, 0.2) is 9.59 Å². The summed E-state index contributed by atoms with van der Waals surface area (Å²) >= 11 is 0. The molecular weight excluding hydrogens is 214 g/mol. The summed E-state index contributed by atoms with van der Waals surface area (Å²) in [4.78, 5) is 37.2. The average Bonchev–Trinajstić information content (AvgIpc) is 2.22. The Morgan fingerprint density at radius 2 is 1.94 bits per heavy atom. The lowest BCUT2D eigenvalue weighted by molar-refractivity contribution is -0.479. The standard InChI is InChI=1S/C8H9N5O3/c1-4-10-12(3)6-5(13(4)16)7(14)11(2)8(15)9-6/h1-3H3/p+1. The fourth-order valence-corrected chi connectivity index (χ4v) is 1.48. The summed E-state index contributed by atoms with van der Waals surface area (Å²) in [6, 6.07) is 0. The number of hydrogen-bond acceptors (Lipinski definition) is 4. The molecule has 0 spiro atoms. The topological polar surface area (TPSA) is 95.7 Å². The smallest absolute Gasteiger partial charge is 0.287 e. The molecule has 2 aromatic rings. The maximum absolute atomic E-state index is 11.8. The Hall–Kier alpha value is -2.25. The Kier molecular flexibility index (Phi) is 2.00. The molecule has 2 aromatic heterocycles. The van der Waals surface area contributed by atoms with E-state index in [0.717, 1.165) is 4.57 Å². The van der Waals surface area contributed by atoms with Gasteiger partial charge in [-0.2, -0.15) is 4.68 Å². The highest BCUT2D eigenvalue weighted by atomic mass is 16.3. The van der Waals surface area contributed by atoms with E-state index in [0.29, 0.717) is 4.43 Å². The van der Waals surface area contributed by atoms with Crippen molar-refractivity contribution in [3.63, 3.8) is 0 Å². The zero-order valence-corrected chi connectivity index (χ0v) is 9.01. The van der Waals surface area contributed by atoms with Crippen molar-refractivity contribution in [2.24, 2.45) is 14.1 Å². The van der Waals surface area contributed by atoms with Gasteiger partial charge in [-0.05, 0) is 0 Å². The molecule has 0 saturated heterocycles. The number of aromatic amines is 1. The van der Waals surface area contributed by atoms with Crippen molar-refractivity contribution in [1.29, 1.82) is 0 Å². The SMILES string of the molecule is Cc1nn(C)c2[nH]c(=O)n(C)c(=O)c2[n+]1=O. The lowest BCUT2D eigenvalue weighted by Crippen LogP contribution is -2.40. The van der Waals surface area contributed by atoms with Crippen LogP contribution in [0.3, 0.4) is 0 Å². The summed E-state index contributed by atoms with van der Waals surface area (Å²) < 4.78 is 2.55. The number of fused-ring (bicyclic) bond motifs is 1. The van der Waals surface area contributed by atoms with E-state index in [9.17, 15) is 14.5 Å². The fourth-order valence-electron chi connectivity index (χ4n) is 1.48. The van der Waals surface area contributed by atoms with Gasteiger partial charge in [-0.1, -0.05) is 4.91 Å². The first-order chi connectivity index (χ1) is 7.43. The molecule has 0 fully saturated rings. The van der Waals surface area contributed by atoms with Crippen molar-refractivity contribution in [1.82, 2.24) is 19.3 Å². The van der Waals surface area contributed by atoms with Crippen molar-refractivity contribution in [2.45, 2.75) is 6.92 Å². The molecule has 0 aliphatic rings. The molecule has 0 bridgehead atoms. The van der Waals surface area contributed by atoms with Crippen LogP contribution < -0.4 is 15.7 Å². The number of nitrogens with one attached hydrogen (secondary N) is 1. The quantitative estimate of drug-likeness (QED) is 0.533. The lowest BCUT2D eigenvalue weighted by Gasteiger charge is -1.99. The van der Waals surface area contributed by atoms with Crippen LogP contribution in [-0.4, -0.2) is 19.3 Å². The summed E-state index contributed by atoms with van der Waals surface area (Å²) in [5.41, 5.74) is -1.25. The minimum Gasteiger partial charge on any atom is -0.287 e. The first-order valence-corrected chi connectivity index (χ1v) is 4.53. The molecule has 0 unspecified atom stereocenters. The maximum Gasteiger partial charge on any atom is 0.365 e. The minimum atomic E-state index is -0.644. The molecule has 8 nitrogen and oxygen atoms in total. The molecule has 1 N–H and O–H groups in total. The predicted molar refractivity (Wildman–Crippen MR) is 54.7 cm³/mol. The molecule has 8 heteroatoms. The van der Waals surface area contributed by atoms with Crippen molar-refractivity contribution in [2.75, 3.05) is 0 Å². The van der Waals surface area contributed by atoms with Gasteiger partial charge in [-0.15, -0.1) is 0 Å². The van der Waals surface area contributed by atoms with Gasteiger partial charge in [0.1, 0.15) is 0 Å². The molecule has 84 valence electrons. The van der Waals surface area contributed by atoms with Crippen LogP contribution in [0.25, 0.3) is 11.2 Å². The summed E-state index contributed by atoms with van der Waals surface area (Å²) in [6.07, 6.45) is 0. The Morgan fingerprint density at radius 3 is 2.56 bits per heavy atom. The number of hydrogen-bond donors (Lipinski definition) is 1. The van der Waals surface area contributed by atoms with Gasteiger partial charge in [0.05, 0.1) is 12.1 Å². The number of aromatic nitrogens is 5. The van der Waals surface area contributed by atoms with Gasteiger partial charge < -0.3 is 0 Å². The summed E-state index contributed by atoms with van der Waals surface area (Å²) in [6.45, 7) is 1.48. The van der Waals surface area contributed by atoms with E-state index in [4.69, 9.17) is 0 Å². The van der Waals surface area contributed by atoms with Crippen LogP contribution >= 0.6 is 0 Å². The van der Waals surface area contributed by atoms with Crippen molar-refractivity contribution in [3.8, 4) is 0 Å². The highest BCUT2D eigenvalue weighted by Crippen LogP contribution is 1.95. The van der Waals surface area contributed by atoms with Gasteiger partial charge in [-0.25, -0.2) is 4.79 Å². The number of nitrogens with zero attached hydrogens (tertiary/aromatic N) is 4. The van der Waals surface area contributed by atoms with Crippen molar-refractivity contribution >= 4 is 11.2 Å². The Labute approximate surface area is 88.4 Å². The number of rotatable bonds is 0. The third-order valence-electron chi connectivity index (χ3n) is 2.38. The van der Waals surface area contributed by atoms with Crippen LogP contribution in [-0.2, 0) is 14.1 Å². The van der Waals surface area contributed by atoms with Crippen LogP contribution in [0, 0.1) is 11.8 Å². The summed E-state index contributed by atoms with van der Waals surface area (Å²) in [5, 5.41) is 3.86. The molecule has 0 atom stereocenters. The van der Waals surface area contributed by atoms with Gasteiger partial charge in [-0.3, -0.25) is 14.3 Å². The van der Waals surface area contributed by atoms with E-state index in [-0.39, 0.29) is 17.0 Å². The first-order valence-electron chi connectivity index (χ1n) is 4.53. The molecule has 0 aliphatic carbocycles. The molecule has 0 radical (unpaired) electrons. The van der Waals surface area contributed by atoms with Crippen LogP contribution in [0.5, 0.6) is 0 Å². The molecule has 0 amide bonds. The molecule has 2 rings (SSSR count). The molecule has 0 saturated carbocycles. The van der Waals surface area contributed by atoms with Gasteiger partial charge in [0, 0.05) is 18.4 Å². The van der Waals surface area contributed by atoms with Gasteiger partial charge >= 0.3 is 17.1 Å². The molecule has 0 aliphatic heterocycles. The van der Waals surface area contributed by atoms with Crippen molar-refractivity contribution in [3.05, 3.63) is 31.6 Å². The first kappa shape index (κ1) is 10.3. The highest BCUT2D eigenvalue weighted by Gasteiger charge is 2.19. The summed E-state index contributed by atoms with van der Waals surface area (Å²) in [7, 11) is 2.85. The third-order valence-corrected chi connectivity index (χ3v) is 2.38. The second-order valence-electron chi connectivity index (χ2n) is 3.46. The zero-order chi connectivity index (χ0) is 12.0. The van der Waals surface area contributed by atoms with Crippen molar-refractivity contribution < 1.29 is 4.43 Å². The van der Waals surface area contributed by atoms with E-state index in [1.54, 1.807) is 7.05 Å². The fraction of sp³-hybridized carbons (Fsp3) is 0.375. The molecule has 2 heterocycles. The van der Waals surface area contributed by atoms with Crippen LogP contribution in [0.2, 0.25) is 0 Å². The highest BCUT2D eigenvalue weighted by molar-refractivity contribution is 5.63. The zero-order valence-electron chi connectivity index (χ0n) is 9.01. The monoisotopic (exact) mass is 224 g/mol. The number of aryl methyl sites for hydroxylation is 2. The number of H-pyrrole nitrogens is 1. The minimum absolute atomic E-state index is 0.105. The molecule has 0 aromatic carbocycles. The third kappa shape index (κ3) is 1.19. The Bertz CT molecular complexity index is 751. The van der Waals surface area contributed by atoms with E-state index < -0.39 is 11.2 Å². The van der Waals surface area contributed by atoms with E-state index >= 15 is 0 Å².